The summed E-state index contributed by atoms with van der Waals surface area (Å²) in [6, 6.07) is 6.72. The number of urea groups is 1. The van der Waals surface area contributed by atoms with E-state index in [1.165, 1.54) is 0 Å². The molecule has 0 atom stereocenters. The van der Waals surface area contributed by atoms with Crippen LogP contribution in [0, 0.1) is 0 Å². The number of hydrogen-bond donors (Lipinski definition) is 2. The van der Waals surface area contributed by atoms with Crippen LogP contribution in [0.1, 0.15) is 20.8 Å². The van der Waals surface area contributed by atoms with E-state index in [2.05, 4.69) is 10.6 Å². The van der Waals surface area contributed by atoms with Crippen molar-refractivity contribution >= 4 is 23.5 Å². The fraction of sp³-hybridized carbons (Fsp3) is 0.429. The van der Waals surface area contributed by atoms with E-state index >= 15 is 0 Å². The molecule has 1 rings (SSSR count). The van der Waals surface area contributed by atoms with Crippen molar-refractivity contribution in [1.29, 1.82) is 0 Å². The Bertz CT molecular complexity index is 441. The molecule has 1 aromatic carbocycles. The first-order valence-electron chi connectivity index (χ1n) is 6.70. The molecule has 0 unspecified atom stereocenters. The van der Waals surface area contributed by atoms with Crippen LogP contribution in [-0.4, -0.2) is 36.7 Å². The van der Waals surface area contributed by atoms with E-state index in [1.807, 2.05) is 13.8 Å². The van der Waals surface area contributed by atoms with Crippen LogP contribution in [-0.2, 0) is 4.74 Å². The molecule has 6 heteroatoms. The molecule has 110 valence electrons. The molecule has 0 aliphatic rings. The third kappa shape index (κ3) is 4.79. The Morgan fingerprint density at radius 2 is 1.50 bits per heavy atom. The Morgan fingerprint density at radius 1 is 1.00 bits per heavy atom. The van der Waals surface area contributed by atoms with Gasteiger partial charge in [0, 0.05) is 24.5 Å². The molecule has 6 nitrogen and oxygen atoms in total. The first-order valence-corrected chi connectivity index (χ1v) is 6.70. The van der Waals surface area contributed by atoms with Crippen molar-refractivity contribution in [2.45, 2.75) is 20.8 Å². The fourth-order valence-corrected chi connectivity index (χ4v) is 1.64. The lowest BCUT2D eigenvalue weighted by molar-refractivity contribution is 0.168. The molecule has 0 radical (unpaired) electrons. The molecule has 0 aliphatic heterocycles. The highest BCUT2D eigenvalue weighted by Gasteiger charge is 2.09. The summed E-state index contributed by atoms with van der Waals surface area (Å²) in [4.78, 5) is 24.8. The molecule has 0 spiro atoms. The van der Waals surface area contributed by atoms with Crippen molar-refractivity contribution in [3.63, 3.8) is 0 Å². The van der Waals surface area contributed by atoms with Gasteiger partial charge in [-0.3, -0.25) is 5.32 Å². The lowest BCUT2D eigenvalue weighted by Crippen LogP contribution is -2.34. The van der Waals surface area contributed by atoms with Crippen LogP contribution >= 0.6 is 0 Å². The molecule has 0 saturated carbocycles. The zero-order valence-corrected chi connectivity index (χ0v) is 12.1. The highest BCUT2D eigenvalue weighted by molar-refractivity contribution is 5.90. The van der Waals surface area contributed by atoms with Gasteiger partial charge in [0.2, 0.25) is 0 Å². The van der Waals surface area contributed by atoms with Crippen molar-refractivity contribution in [3.8, 4) is 0 Å². The van der Waals surface area contributed by atoms with Crippen LogP contribution in [0.15, 0.2) is 24.3 Å². The number of amides is 3. The molecular formula is C14H21N3O3. The Balaban J connectivity index is 2.58. The van der Waals surface area contributed by atoms with Gasteiger partial charge >= 0.3 is 12.1 Å². The SMILES string of the molecule is CCOC(=O)Nc1ccc(NC(=O)N(CC)CC)cc1. The van der Waals surface area contributed by atoms with Crippen LogP contribution in [0.25, 0.3) is 0 Å². The lowest BCUT2D eigenvalue weighted by Gasteiger charge is -2.19. The van der Waals surface area contributed by atoms with Gasteiger partial charge in [0.05, 0.1) is 6.61 Å². The number of anilines is 2. The number of rotatable bonds is 5. The van der Waals surface area contributed by atoms with Crippen LogP contribution in [0.5, 0.6) is 0 Å². The van der Waals surface area contributed by atoms with E-state index in [1.54, 1.807) is 36.1 Å². The van der Waals surface area contributed by atoms with Crippen LogP contribution in [0.2, 0.25) is 0 Å². The van der Waals surface area contributed by atoms with E-state index in [0.29, 0.717) is 31.1 Å². The highest BCUT2D eigenvalue weighted by atomic mass is 16.5. The van der Waals surface area contributed by atoms with Crippen molar-refractivity contribution in [2.24, 2.45) is 0 Å². The number of carbonyl (C=O) groups is 2. The van der Waals surface area contributed by atoms with Crippen molar-refractivity contribution < 1.29 is 14.3 Å². The average molecular weight is 279 g/mol. The van der Waals surface area contributed by atoms with E-state index < -0.39 is 6.09 Å². The molecule has 2 N–H and O–H groups in total. The van der Waals surface area contributed by atoms with Crippen molar-refractivity contribution in [1.82, 2.24) is 4.90 Å². The second-order valence-corrected chi connectivity index (χ2v) is 4.03. The molecule has 20 heavy (non-hydrogen) atoms. The van der Waals surface area contributed by atoms with Gasteiger partial charge in [0.15, 0.2) is 0 Å². The molecule has 1 aromatic rings. The zero-order valence-electron chi connectivity index (χ0n) is 12.1. The molecule has 0 fully saturated rings. The lowest BCUT2D eigenvalue weighted by atomic mass is 10.3. The number of hydrogen-bond acceptors (Lipinski definition) is 3. The summed E-state index contributed by atoms with van der Waals surface area (Å²) < 4.78 is 4.77. The van der Waals surface area contributed by atoms with Gasteiger partial charge in [-0.2, -0.15) is 0 Å². The van der Waals surface area contributed by atoms with E-state index in [-0.39, 0.29) is 6.03 Å². The minimum absolute atomic E-state index is 0.138. The molecule has 3 amide bonds. The molecule has 0 bridgehead atoms. The van der Waals surface area contributed by atoms with Gasteiger partial charge in [0.25, 0.3) is 0 Å². The predicted octanol–water partition coefficient (Wildman–Crippen LogP) is 3.13. The first kappa shape index (κ1) is 15.8. The fourth-order valence-electron chi connectivity index (χ4n) is 1.64. The molecule has 0 saturated heterocycles. The second-order valence-electron chi connectivity index (χ2n) is 4.03. The standard InChI is InChI=1S/C14H21N3O3/c1-4-17(5-2)13(18)15-11-7-9-12(10-8-11)16-14(19)20-6-3/h7-10H,4-6H2,1-3H3,(H,15,18)(H,16,19). The van der Waals surface area contributed by atoms with Crippen LogP contribution in [0.3, 0.4) is 0 Å². The summed E-state index contributed by atoms with van der Waals surface area (Å²) >= 11 is 0. The maximum absolute atomic E-state index is 11.8. The minimum Gasteiger partial charge on any atom is -0.450 e. The average Bonchev–Trinajstić information content (AvgIpc) is 2.42. The van der Waals surface area contributed by atoms with Crippen LogP contribution < -0.4 is 10.6 Å². The summed E-state index contributed by atoms with van der Waals surface area (Å²) in [5, 5.41) is 5.38. The highest BCUT2D eigenvalue weighted by Crippen LogP contribution is 2.14. The van der Waals surface area contributed by atoms with Gasteiger partial charge in [-0.15, -0.1) is 0 Å². The monoisotopic (exact) mass is 279 g/mol. The normalized spacial score (nSPS) is 9.75. The third-order valence-electron chi connectivity index (χ3n) is 2.71. The smallest absolute Gasteiger partial charge is 0.411 e. The number of nitrogens with one attached hydrogen (secondary N) is 2. The summed E-state index contributed by atoms with van der Waals surface area (Å²) in [6.45, 7) is 7.23. The number of ether oxygens (including phenoxy) is 1. The Labute approximate surface area is 119 Å². The third-order valence-corrected chi connectivity index (χ3v) is 2.71. The van der Waals surface area contributed by atoms with E-state index in [4.69, 9.17) is 4.74 Å². The number of benzene rings is 1. The Hall–Kier alpha value is -2.24. The minimum atomic E-state index is -0.493. The van der Waals surface area contributed by atoms with Crippen LogP contribution in [0.4, 0.5) is 21.0 Å². The zero-order chi connectivity index (χ0) is 15.0. The topological polar surface area (TPSA) is 70.7 Å². The number of nitrogens with zero attached hydrogens (tertiary/aromatic N) is 1. The van der Waals surface area contributed by atoms with Gasteiger partial charge in [-0.05, 0) is 45.0 Å². The predicted molar refractivity (Wildman–Crippen MR) is 79.0 cm³/mol. The molecular weight excluding hydrogens is 258 g/mol. The summed E-state index contributed by atoms with van der Waals surface area (Å²) in [5.74, 6) is 0. The maximum atomic E-state index is 11.8. The second kappa shape index (κ2) is 8.04. The molecule has 0 heterocycles. The molecule has 0 aliphatic carbocycles. The molecule has 0 aromatic heterocycles. The van der Waals surface area contributed by atoms with Gasteiger partial charge in [-0.25, -0.2) is 9.59 Å². The van der Waals surface area contributed by atoms with E-state index in [9.17, 15) is 9.59 Å². The summed E-state index contributed by atoms with van der Waals surface area (Å²) in [6.07, 6.45) is -0.493. The summed E-state index contributed by atoms with van der Waals surface area (Å²) in [7, 11) is 0. The van der Waals surface area contributed by atoms with Crippen molar-refractivity contribution in [3.05, 3.63) is 24.3 Å². The van der Waals surface area contributed by atoms with E-state index in [0.717, 1.165) is 0 Å². The summed E-state index contributed by atoms with van der Waals surface area (Å²) in [5.41, 5.74) is 1.29. The Morgan fingerprint density at radius 3 is 1.95 bits per heavy atom. The quantitative estimate of drug-likeness (QED) is 0.870. The maximum Gasteiger partial charge on any atom is 0.411 e. The Kier molecular flexibility index (Phi) is 6.36. The van der Waals surface area contributed by atoms with Gasteiger partial charge in [-0.1, -0.05) is 0 Å². The van der Waals surface area contributed by atoms with Crippen molar-refractivity contribution in [2.75, 3.05) is 30.3 Å². The largest absolute Gasteiger partial charge is 0.450 e. The number of carbonyl (C=O) groups excluding carboxylic acids is 2. The van der Waals surface area contributed by atoms with Gasteiger partial charge < -0.3 is 15.0 Å². The van der Waals surface area contributed by atoms with Gasteiger partial charge in [0.1, 0.15) is 0 Å². The first-order chi connectivity index (χ1) is 9.60.